The van der Waals surface area contributed by atoms with E-state index in [-0.39, 0.29) is 5.56 Å². The van der Waals surface area contributed by atoms with Crippen LogP contribution in [0.25, 0.3) is 0 Å². The van der Waals surface area contributed by atoms with Gasteiger partial charge in [-0.05, 0) is 31.9 Å². The Morgan fingerprint density at radius 1 is 1.53 bits per heavy atom. The molecule has 1 aliphatic rings. The van der Waals surface area contributed by atoms with Crippen LogP contribution in [0, 0.1) is 5.82 Å². The molecule has 2 rings (SSSR count). The summed E-state index contributed by atoms with van der Waals surface area (Å²) in [6.45, 7) is 2.84. The van der Waals surface area contributed by atoms with Gasteiger partial charge >= 0.3 is 0 Å². The predicted octanol–water partition coefficient (Wildman–Crippen LogP) is 2.63. The number of hydrogen-bond donors (Lipinski definition) is 0. The van der Waals surface area contributed by atoms with Crippen molar-refractivity contribution in [2.75, 3.05) is 11.4 Å². The molecule has 0 radical (unpaired) electrons. The molecular weight excluding hydrogens is 193 g/mol. The van der Waals surface area contributed by atoms with E-state index < -0.39 is 5.82 Å². The Kier molecular flexibility index (Phi) is 2.71. The molecule has 0 N–H and O–H groups in total. The molecule has 0 unspecified atom stereocenters. The van der Waals surface area contributed by atoms with E-state index in [0.29, 0.717) is 12.3 Å². The second-order valence-corrected chi connectivity index (χ2v) is 3.81. The Hall–Kier alpha value is -1.38. The maximum atomic E-state index is 13.4. The highest BCUT2D eigenvalue weighted by molar-refractivity contribution is 5.85. The van der Waals surface area contributed by atoms with Gasteiger partial charge in [0.15, 0.2) is 6.29 Å². The molecule has 0 aromatic heterocycles. The lowest BCUT2D eigenvalue weighted by Crippen LogP contribution is -2.26. The fourth-order valence-electron chi connectivity index (χ4n) is 1.90. The minimum atomic E-state index is -0.429. The number of carbonyl (C=O) groups excluding carboxylic acids is 1. The second-order valence-electron chi connectivity index (χ2n) is 3.81. The smallest absolute Gasteiger partial charge is 0.155 e. The Morgan fingerprint density at radius 3 is 2.80 bits per heavy atom. The van der Waals surface area contributed by atoms with Crippen LogP contribution in [0.15, 0.2) is 18.2 Å². The van der Waals surface area contributed by atoms with Gasteiger partial charge in [-0.3, -0.25) is 4.79 Å². The third-order valence-electron chi connectivity index (χ3n) is 2.79. The molecule has 15 heavy (non-hydrogen) atoms. The first-order valence-corrected chi connectivity index (χ1v) is 5.28. The molecule has 1 aromatic carbocycles. The molecule has 0 spiro atoms. The maximum Gasteiger partial charge on any atom is 0.155 e. The van der Waals surface area contributed by atoms with Crippen LogP contribution in [-0.4, -0.2) is 18.9 Å². The van der Waals surface area contributed by atoms with Gasteiger partial charge in [0.05, 0.1) is 11.3 Å². The largest absolute Gasteiger partial charge is 0.368 e. The van der Waals surface area contributed by atoms with E-state index in [4.69, 9.17) is 0 Å². The van der Waals surface area contributed by atoms with Gasteiger partial charge in [-0.2, -0.15) is 0 Å². The zero-order chi connectivity index (χ0) is 10.8. The Labute approximate surface area is 88.7 Å². The molecule has 0 heterocycles. The molecule has 1 fully saturated rings. The zero-order valence-electron chi connectivity index (χ0n) is 8.74. The average molecular weight is 207 g/mol. The molecular formula is C12H14FNO. The third-order valence-corrected chi connectivity index (χ3v) is 2.79. The van der Waals surface area contributed by atoms with Crippen molar-refractivity contribution in [1.82, 2.24) is 0 Å². The highest BCUT2D eigenvalue weighted by atomic mass is 19.1. The topological polar surface area (TPSA) is 20.3 Å². The van der Waals surface area contributed by atoms with E-state index in [1.807, 2.05) is 13.0 Å². The number of nitrogens with zero attached hydrogens (tertiary/aromatic N) is 1. The molecule has 0 bridgehead atoms. The first-order chi connectivity index (χ1) is 7.27. The minimum absolute atomic E-state index is 0.186. The number of carbonyl (C=O) groups is 1. The van der Waals surface area contributed by atoms with Gasteiger partial charge in [0.25, 0.3) is 0 Å². The Bertz CT molecular complexity index is 374. The van der Waals surface area contributed by atoms with E-state index in [9.17, 15) is 9.18 Å². The maximum absolute atomic E-state index is 13.4. The van der Waals surface area contributed by atoms with Gasteiger partial charge in [0.2, 0.25) is 0 Å². The van der Waals surface area contributed by atoms with Gasteiger partial charge in [-0.1, -0.05) is 6.07 Å². The monoisotopic (exact) mass is 207 g/mol. The van der Waals surface area contributed by atoms with E-state index in [2.05, 4.69) is 4.90 Å². The summed E-state index contributed by atoms with van der Waals surface area (Å²) in [4.78, 5) is 12.9. The Balaban J connectivity index is 2.40. The van der Waals surface area contributed by atoms with Crippen molar-refractivity contribution in [2.45, 2.75) is 25.8 Å². The molecule has 1 saturated carbocycles. The highest BCUT2D eigenvalue weighted by Gasteiger charge is 2.29. The van der Waals surface area contributed by atoms with Crippen LogP contribution in [0.1, 0.15) is 30.1 Å². The molecule has 1 aromatic rings. The molecule has 0 amide bonds. The number of halogens is 1. The second kappa shape index (κ2) is 4.01. The summed E-state index contributed by atoms with van der Waals surface area (Å²) in [5, 5.41) is 0. The van der Waals surface area contributed by atoms with E-state index in [1.54, 1.807) is 6.07 Å². The lowest BCUT2D eigenvalue weighted by Gasteiger charge is -2.24. The van der Waals surface area contributed by atoms with Crippen LogP contribution in [-0.2, 0) is 0 Å². The van der Waals surface area contributed by atoms with Crippen molar-refractivity contribution in [1.29, 1.82) is 0 Å². The summed E-state index contributed by atoms with van der Waals surface area (Å²) in [6, 6.07) is 5.29. The first-order valence-electron chi connectivity index (χ1n) is 5.28. The fraction of sp³-hybridized carbons (Fsp3) is 0.417. The summed E-state index contributed by atoms with van der Waals surface area (Å²) in [7, 11) is 0. The summed E-state index contributed by atoms with van der Waals surface area (Å²) < 4.78 is 13.4. The SMILES string of the molecule is CCN(c1cccc(F)c1C=O)C1CC1. The van der Waals surface area contributed by atoms with Gasteiger partial charge in [-0.15, -0.1) is 0 Å². The number of anilines is 1. The molecule has 3 heteroatoms. The summed E-state index contributed by atoms with van der Waals surface area (Å²) in [6.07, 6.45) is 2.89. The van der Waals surface area contributed by atoms with Crippen LogP contribution < -0.4 is 4.90 Å². The standard InChI is InChI=1S/C12H14FNO/c1-2-14(9-6-7-9)12-5-3-4-11(13)10(12)8-15/h3-5,8-9H,2,6-7H2,1H3. The van der Waals surface area contributed by atoms with Crippen LogP contribution in [0.3, 0.4) is 0 Å². The molecule has 1 aliphatic carbocycles. The van der Waals surface area contributed by atoms with Crippen molar-refractivity contribution in [3.05, 3.63) is 29.6 Å². The quantitative estimate of drug-likeness (QED) is 0.707. The van der Waals surface area contributed by atoms with Crippen molar-refractivity contribution in [2.24, 2.45) is 0 Å². The van der Waals surface area contributed by atoms with E-state index >= 15 is 0 Å². The van der Waals surface area contributed by atoms with Gasteiger partial charge in [0.1, 0.15) is 5.82 Å². The normalized spacial score (nSPS) is 15.1. The van der Waals surface area contributed by atoms with Gasteiger partial charge < -0.3 is 4.90 Å². The summed E-state index contributed by atoms with van der Waals surface area (Å²) >= 11 is 0. The number of benzene rings is 1. The lowest BCUT2D eigenvalue weighted by atomic mass is 10.1. The fourth-order valence-corrected chi connectivity index (χ4v) is 1.90. The third kappa shape index (κ3) is 1.87. The Morgan fingerprint density at radius 2 is 2.27 bits per heavy atom. The molecule has 2 nitrogen and oxygen atoms in total. The van der Waals surface area contributed by atoms with Gasteiger partial charge in [-0.25, -0.2) is 4.39 Å². The van der Waals surface area contributed by atoms with Crippen LogP contribution in [0.2, 0.25) is 0 Å². The zero-order valence-corrected chi connectivity index (χ0v) is 8.74. The highest BCUT2D eigenvalue weighted by Crippen LogP contribution is 2.33. The predicted molar refractivity (Wildman–Crippen MR) is 57.8 cm³/mol. The number of hydrogen-bond acceptors (Lipinski definition) is 2. The van der Waals surface area contributed by atoms with Crippen LogP contribution in [0.4, 0.5) is 10.1 Å². The van der Waals surface area contributed by atoms with Crippen molar-refractivity contribution < 1.29 is 9.18 Å². The molecule has 0 saturated heterocycles. The minimum Gasteiger partial charge on any atom is -0.368 e. The van der Waals surface area contributed by atoms with E-state index in [1.165, 1.54) is 6.07 Å². The van der Waals surface area contributed by atoms with Crippen LogP contribution in [0.5, 0.6) is 0 Å². The lowest BCUT2D eigenvalue weighted by molar-refractivity contribution is 0.112. The van der Waals surface area contributed by atoms with Crippen molar-refractivity contribution >= 4 is 12.0 Å². The average Bonchev–Trinajstić information content (AvgIpc) is 3.04. The molecule has 80 valence electrons. The van der Waals surface area contributed by atoms with Crippen molar-refractivity contribution in [3.8, 4) is 0 Å². The molecule has 0 aliphatic heterocycles. The van der Waals surface area contributed by atoms with Crippen molar-refractivity contribution in [3.63, 3.8) is 0 Å². The number of rotatable bonds is 4. The van der Waals surface area contributed by atoms with E-state index in [0.717, 1.165) is 25.1 Å². The first kappa shape index (κ1) is 10.1. The molecule has 0 atom stereocenters. The van der Waals surface area contributed by atoms with Gasteiger partial charge in [0, 0.05) is 12.6 Å². The van der Waals surface area contributed by atoms with Crippen LogP contribution >= 0.6 is 0 Å². The summed E-state index contributed by atoms with van der Waals surface area (Å²) in [5.41, 5.74) is 0.918. The summed E-state index contributed by atoms with van der Waals surface area (Å²) in [5.74, 6) is -0.429. The number of aldehydes is 1.